The maximum Gasteiger partial charge on any atom is 0.108 e. The van der Waals surface area contributed by atoms with Crippen LogP contribution in [0.15, 0.2) is 0 Å². The highest BCUT2D eigenvalue weighted by Gasteiger charge is 2.43. The smallest absolute Gasteiger partial charge is 0.108 e. The second-order valence-corrected chi connectivity index (χ2v) is 6.40. The largest absolute Gasteiger partial charge is 0.299 e. The molecule has 0 bridgehead atoms. The summed E-state index contributed by atoms with van der Waals surface area (Å²) in [6, 6.07) is 3.87. The highest BCUT2D eigenvalue weighted by molar-refractivity contribution is 5.14. The van der Waals surface area contributed by atoms with Gasteiger partial charge in [-0.3, -0.25) is 10.2 Å². The van der Waals surface area contributed by atoms with Crippen molar-refractivity contribution in [3.8, 4) is 6.07 Å². The van der Waals surface area contributed by atoms with Crippen molar-refractivity contribution < 1.29 is 0 Å². The molecule has 3 nitrogen and oxygen atoms in total. The molecule has 4 atom stereocenters. The first-order chi connectivity index (χ1) is 8.60. The maximum absolute atomic E-state index is 9.49. The van der Waals surface area contributed by atoms with Crippen molar-refractivity contribution in [3.05, 3.63) is 0 Å². The molecule has 0 aromatic heterocycles. The van der Waals surface area contributed by atoms with Crippen molar-refractivity contribution in [2.75, 3.05) is 13.1 Å². The minimum atomic E-state index is -0.244. The van der Waals surface area contributed by atoms with Gasteiger partial charge < -0.3 is 0 Å². The van der Waals surface area contributed by atoms with Crippen LogP contribution in [0.3, 0.4) is 0 Å². The monoisotopic (exact) mass is 249 g/mol. The second kappa shape index (κ2) is 5.59. The molecule has 1 aliphatic heterocycles. The van der Waals surface area contributed by atoms with E-state index in [9.17, 15) is 5.26 Å². The van der Waals surface area contributed by atoms with E-state index in [1.807, 2.05) is 0 Å². The molecule has 1 saturated carbocycles. The van der Waals surface area contributed by atoms with Crippen LogP contribution in [0.2, 0.25) is 0 Å². The fraction of sp³-hybridized carbons (Fsp3) is 0.933. The van der Waals surface area contributed by atoms with Crippen LogP contribution in [0.4, 0.5) is 0 Å². The Morgan fingerprint density at radius 3 is 2.78 bits per heavy atom. The van der Waals surface area contributed by atoms with Gasteiger partial charge in [0.25, 0.3) is 0 Å². The fourth-order valence-electron chi connectivity index (χ4n) is 3.81. The van der Waals surface area contributed by atoms with Crippen LogP contribution < -0.4 is 5.32 Å². The normalized spacial score (nSPS) is 41.1. The first-order valence-electron chi connectivity index (χ1n) is 7.52. The summed E-state index contributed by atoms with van der Waals surface area (Å²) in [5.74, 6) is 0.820. The zero-order valence-corrected chi connectivity index (χ0v) is 12.1. The van der Waals surface area contributed by atoms with E-state index in [1.165, 1.54) is 19.4 Å². The third-order valence-corrected chi connectivity index (χ3v) is 4.72. The Morgan fingerprint density at radius 1 is 1.44 bits per heavy atom. The highest BCUT2D eigenvalue weighted by Crippen LogP contribution is 2.37. The Bertz CT molecular complexity index is 322. The van der Waals surface area contributed by atoms with Crippen molar-refractivity contribution in [2.45, 2.75) is 70.5 Å². The Morgan fingerprint density at radius 2 is 2.22 bits per heavy atom. The number of nitrogens with one attached hydrogen (secondary N) is 1. The van der Waals surface area contributed by atoms with Gasteiger partial charge in [-0.25, -0.2) is 0 Å². The SMILES string of the molecule is CCCNC1(C#N)CCC(N2CC(C)CC2C)C1. The molecule has 1 N–H and O–H groups in total. The highest BCUT2D eigenvalue weighted by atomic mass is 15.2. The van der Waals surface area contributed by atoms with E-state index in [0.717, 1.165) is 31.7 Å². The molecule has 0 aromatic rings. The first-order valence-corrected chi connectivity index (χ1v) is 7.52. The Labute approximate surface area is 112 Å². The minimum Gasteiger partial charge on any atom is -0.299 e. The molecule has 1 heterocycles. The van der Waals surface area contributed by atoms with E-state index >= 15 is 0 Å². The Balaban J connectivity index is 1.96. The lowest BCUT2D eigenvalue weighted by molar-refractivity contribution is 0.183. The molecule has 0 spiro atoms. The third kappa shape index (κ3) is 2.70. The average Bonchev–Trinajstić information content (AvgIpc) is 2.91. The first kappa shape index (κ1) is 13.8. The summed E-state index contributed by atoms with van der Waals surface area (Å²) in [7, 11) is 0. The summed E-state index contributed by atoms with van der Waals surface area (Å²) in [6.07, 6.45) is 5.64. The number of nitrogens with zero attached hydrogens (tertiary/aromatic N) is 2. The summed E-state index contributed by atoms with van der Waals surface area (Å²) < 4.78 is 0. The van der Waals surface area contributed by atoms with Gasteiger partial charge in [-0.15, -0.1) is 0 Å². The van der Waals surface area contributed by atoms with Crippen molar-refractivity contribution in [3.63, 3.8) is 0 Å². The van der Waals surface area contributed by atoms with Gasteiger partial charge in [-0.2, -0.15) is 5.26 Å². The summed E-state index contributed by atoms with van der Waals surface area (Å²) in [4.78, 5) is 2.65. The molecule has 2 rings (SSSR count). The molecule has 0 radical (unpaired) electrons. The molecule has 3 heteroatoms. The molecule has 4 unspecified atom stereocenters. The van der Waals surface area contributed by atoms with E-state index in [-0.39, 0.29) is 5.54 Å². The standard InChI is InChI=1S/C15H27N3/c1-4-7-17-15(11-16)6-5-14(9-15)18-10-12(2)8-13(18)3/h12-14,17H,4-10H2,1-3H3. The Hall–Kier alpha value is -0.590. The maximum atomic E-state index is 9.49. The molecule has 18 heavy (non-hydrogen) atoms. The lowest BCUT2D eigenvalue weighted by Crippen LogP contribution is -2.44. The van der Waals surface area contributed by atoms with Gasteiger partial charge >= 0.3 is 0 Å². The van der Waals surface area contributed by atoms with Gasteiger partial charge in [0, 0.05) is 18.6 Å². The van der Waals surface area contributed by atoms with Gasteiger partial charge in [0.2, 0.25) is 0 Å². The summed E-state index contributed by atoms with van der Waals surface area (Å²) in [5.41, 5.74) is -0.244. The zero-order valence-electron chi connectivity index (χ0n) is 12.1. The predicted octanol–water partition coefficient (Wildman–Crippen LogP) is 2.53. The van der Waals surface area contributed by atoms with Crippen LogP contribution >= 0.6 is 0 Å². The van der Waals surface area contributed by atoms with E-state index < -0.39 is 0 Å². The molecule has 0 aromatic carbocycles. The van der Waals surface area contributed by atoms with Gasteiger partial charge in [0.1, 0.15) is 5.54 Å². The van der Waals surface area contributed by atoms with Crippen molar-refractivity contribution in [1.29, 1.82) is 5.26 Å². The molecule has 1 saturated heterocycles. The number of likely N-dealkylation sites (tertiary alicyclic amines) is 1. The van der Waals surface area contributed by atoms with Gasteiger partial charge in [0.05, 0.1) is 6.07 Å². The van der Waals surface area contributed by atoms with Crippen LogP contribution in [0.5, 0.6) is 0 Å². The molecule has 2 fully saturated rings. The number of rotatable bonds is 4. The van der Waals surface area contributed by atoms with Crippen LogP contribution in [-0.4, -0.2) is 35.6 Å². The average molecular weight is 249 g/mol. The number of nitriles is 1. The molecular weight excluding hydrogens is 222 g/mol. The van der Waals surface area contributed by atoms with Crippen molar-refractivity contribution in [2.24, 2.45) is 5.92 Å². The number of hydrogen-bond acceptors (Lipinski definition) is 3. The quantitative estimate of drug-likeness (QED) is 0.832. The lowest BCUT2D eigenvalue weighted by Gasteiger charge is -2.30. The lowest BCUT2D eigenvalue weighted by atomic mass is 9.99. The molecule has 2 aliphatic rings. The van der Waals surface area contributed by atoms with Gasteiger partial charge in [-0.05, 0) is 51.5 Å². The minimum absolute atomic E-state index is 0.244. The fourth-order valence-corrected chi connectivity index (χ4v) is 3.81. The summed E-state index contributed by atoms with van der Waals surface area (Å²) in [6.45, 7) is 9.04. The van der Waals surface area contributed by atoms with Crippen LogP contribution in [0.1, 0.15) is 52.9 Å². The van der Waals surface area contributed by atoms with Crippen LogP contribution in [0.25, 0.3) is 0 Å². The third-order valence-electron chi connectivity index (χ3n) is 4.72. The summed E-state index contributed by atoms with van der Waals surface area (Å²) >= 11 is 0. The molecular formula is C15H27N3. The Kier molecular flexibility index (Phi) is 4.29. The van der Waals surface area contributed by atoms with E-state index in [2.05, 4.69) is 37.1 Å². The van der Waals surface area contributed by atoms with Crippen molar-refractivity contribution in [1.82, 2.24) is 10.2 Å². The molecule has 102 valence electrons. The zero-order chi connectivity index (χ0) is 13.2. The van der Waals surface area contributed by atoms with E-state index in [0.29, 0.717) is 12.1 Å². The summed E-state index contributed by atoms with van der Waals surface area (Å²) in [5, 5.41) is 13.0. The van der Waals surface area contributed by atoms with Crippen LogP contribution in [0, 0.1) is 17.2 Å². The molecule has 0 amide bonds. The predicted molar refractivity (Wildman–Crippen MR) is 74.2 cm³/mol. The number of hydrogen-bond donors (Lipinski definition) is 1. The van der Waals surface area contributed by atoms with Crippen molar-refractivity contribution >= 4 is 0 Å². The topological polar surface area (TPSA) is 39.1 Å². The van der Waals surface area contributed by atoms with Gasteiger partial charge in [-0.1, -0.05) is 13.8 Å². The van der Waals surface area contributed by atoms with Gasteiger partial charge in [0.15, 0.2) is 0 Å². The van der Waals surface area contributed by atoms with E-state index in [4.69, 9.17) is 0 Å². The van der Waals surface area contributed by atoms with Crippen LogP contribution in [-0.2, 0) is 0 Å². The second-order valence-electron chi connectivity index (χ2n) is 6.40. The molecule has 1 aliphatic carbocycles. The van der Waals surface area contributed by atoms with E-state index in [1.54, 1.807) is 0 Å².